The lowest BCUT2D eigenvalue weighted by Gasteiger charge is -2.27. The van der Waals surface area contributed by atoms with Gasteiger partial charge in [0.05, 0.1) is 0 Å². The molecule has 0 spiro atoms. The van der Waals surface area contributed by atoms with Gasteiger partial charge in [0.1, 0.15) is 0 Å². The lowest BCUT2D eigenvalue weighted by molar-refractivity contribution is 0.642. The summed E-state index contributed by atoms with van der Waals surface area (Å²) in [6.07, 6.45) is 20.3. The van der Waals surface area contributed by atoms with Gasteiger partial charge in [-0.3, -0.25) is 9.97 Å². The summed E-state index contributed by atoms with van der Waals surface area (Å²) in [6, 6.07) is 40.7. The summed E-state index contributed by atoms with van der Waals surface area (Å²) in [5.74, 6) is 0.557. The smallest absolute Gasteiger partial charge is 0.0450 e. The Kier molecular flexibility index (Phi) is 9.03. The molecule has 2 aliphatic rings. The Labute approximate surface area is 302 Å². The summed E-state index contributed by atoms with van der Waals surface area (Å²) < 4.78 is 0. The Balaban J connectivity index is 1.09. The van der Waals surface area contributed by atoms with E-state index < -0.39 is 0 Å². The fourth-order valence-electron chi connectivity index (χ4n) is 7.92. The Morgan fingerprint density at radius 2 is 1.27 bits per heavy atom. The molecule has 3 nitrogen and oxygen atoms in total. The number of anilines is 2. The van der Waals surface area contributed by atoms with E-state index >= 15 is 0 Å². The van der Waals surface area contributed by atoms with Crippen molar-refractivity contribution < 1.29 is 0 Å². The number of aryl methyl sites for hydroxylation is 3. The number of benzene rings is 4. The highest BCUT2D eigenvalue weighted by atomic mass is 15.2. The molecule has 2 aromatic heterocycles. The van der Waals surface area contributed by atoms with Crippen LogP contribution in [0.15, 0.2) is 146 Å². The molecule has 2 atom stereocenters. The Morgan fingerprint density at radius 3 is 1.96 bits per heavy atom. The number of rotatable bonds is 8. The van der Waals surface area contributed by atoms with Crippen LogP contribution in [0.25, 0.3) is 23.3 Å². The minimum Gasteiger partial charge on any atom is -0.338 e. The van der Waals surface area contributed by atoms with E-state index in [4.69, 9.17) is 0 Å². The van der Waals surface area contributed by atoms with E-state index in [2.05, 4.69) is 169 Å². The first-order chi connectivity index (χ1) is 25.0. The van der Waals surface area contributed by atoms with Gasteiger partial charge in [0.25, 0.3) is 0 Å². The molecule has 8 rings (SSSR count). The number of fused-ring (bicyclic) bond motifs is 3. The van der Waals surface area contributed by atoms with E-state index in [0.29, 0.717) is 12.0 Å². The van der Waals surface area contributed by atoms with E-state index in [1.807, 2.05) is 24.8 Å². The Hall–Kier alpha value is -5.80. The molecule has 0 N–H and O–H groups in total. The van der Waals surface area contributed by atoms with Crippen molar-refractivity contribution in [1.29, 1.82) is 0 Å². The first-order valence-electron chi connectivity index (χ1n) is 18.1. The van der Waals surface area contributed by atoms with Gasteiger partial charge in [0.15, 0.2) is 0 Å². The molecule has 1 aliphatic carbocycles. The van der Waals surface area contributed by atoms with Crippen molar-refractivity contribution in [3.63, 3.8) is 0 Å². The summed E-state index contributed by atoms with van der Waals surface area (Å²) >= 11 is 0. The first kappa shape index (κ1) is 32.4. The molecular weight excluding hydrogens is 619 g/mol. The second-order valence-corrected chi connectivity index (χ2v) is 14.1. The van der Waals surface area contributed by atoms with Crippen LogP contribution in [0.2, 0.25) is 0 Å². The van der Waals surface area contributed by atoms with Crippen molar-refractivity contribution in [2.45, 2.75) is 52.0 Å². The van der Waals surface area contributed by atoms with Gasteiger partial charge in [0.2, 0.25) is 0 Å². The third-order valence-corrected chi connectivity index (χ3v) is 10.4. The van der Waals surface area contributed by atoms with Crippen LogP contribution in [-0.2, 0) is 0 Å². The predicted octanol–water partition coefficient (Wildman–Crippen LogP) is 11.9. The summed E-state index contributed by atoms with van der Waals surface area (Å²) in [5, 5.41) is 0. The maximum Gasteiger partial charge on any atom is 0.0450 e. The van der Waals surface area contributed by atoms with E-state index in [9.17, 15) is 0 Å². The molecule has 3 heterocycles. The van der Waals surface area contributed by atoms with E-state index in [1.54, 1.807) is 0 Å². The predicted molar refractivity (Wildman–Crippen MR) is 214 cm³/mol. The highest BCUT2D eigenvalue weighted by molar-refractivity contribution is 5.92. The van der Waals surface area contributed by atoms with Crippen LogP contribution in [0, 0.1) is 20.8 Å². The zero-order chi connectivity index (χ0) is 34.7. The fraction of sp³-hybridized carbons (Fsp3) is 0.167. The average Bonchev–Trinajstić information content (AvgIpc) is 3.75. The van der Waals surface area contributed by atoms with Gasteiger partial charge < -0.3 is 4.90 Å². The molecule has 2 unspecified atom stereocenters. The van der Waals surface area contributed by atoms with Gasteiger partial charge in [-0.05, 0) is 126 Å². The highest BCUT2D eigenvalue weighted by Crippen LogP contribution is 2.52. The van der Waals surface area contributed by atoms with Gasteiger partial charge in [-0.15, -0.1) is 0 Å². The van der Waals surface area contributed by atoms with Crippen molar-refractivity contribution in [2.75, 3.05) is 4.90 Å². The zero-order valence-electron chi connectivity index (χ0n) is 29.6. The SMILES string of the molecule is Cc1ccc(/C(=C/c2ccc(N3c4ccc(/C=C/C=C(c5cncc(C)c5)c5cncc(C)c5)cc4C4CCCC43)cc2)c2ccccc2)cc1. The van der Waals surface area contributed by atoms with Crippen molar-refractivity contribution in [3.8, 4) is 0 Å². The van der Waals surface area contributed by atoms with Crippen LogP contribution in [0.1, 0.15) is 80.8 Å². The Bertz CT molecular complexity index is 2210. The molecule has 0 bridgehead atoms. The maximum absolute atomic E-state index is 4.47. The summed E-state index contributed by atoms with van der Waals surface area (Å²) in [7, 11) is 0. The number of hydrogen-bond donors (Lipinski definition) is 0. The number of pyridine rings is 2. The van der Waals surface area contributed by atoms with Crippen LogP contribution in [0.5, 0.6) is 0 Å². The van der Waals surface area contributed by atoms with E-state index in [-0.39, 0.29) is 0 Å². The largest absolute Gasteiger partial charge is 0.338 e. The highest BCUT2D eigenvalue weighted by Gasteiger charge is 2.42. The third kappa shape index (κ3) is 6.85. The van der Waals surface area contributed by atoms with Gasteiger partial charge in [0, 0.05) is 59.2 Å². The summed E-state index contributed by atoms with van der Waals surface area (Å²) in [6.45, 7) is 6.31. The van der Waals surface area contributed by atoms with Crippen LogP contribution in [-0.4, -0.2) is 16.0 Å². The quantitative estimate of drug-likeness (QED) is 0.120. The number of hydrogen-bond acceptors (Lipinski definition) is 3. The van der Waals surface area contributed by atoms with E-state index in [1.165, 1.54) is 69.6 Å². The van der Waals surface area contributed by atoms with Crippen molar-refractivity contribution in [2.24, 2.45) is 0 Å². The molecule has 250 valence electrons. The van der Waals surface area contributed by atoms with Crippen LogP contribution >= 0.6 is 0 Å². The number of aromatic nitrogens is 2. The lowest BCUT2D eigenvalue weighted by Crippen LogP contribution is -2.26. The second-order valence-electron chi connectivity index (χ2n) is 14.1. The average molecular weight is 662 g/mol. The molecule has 3 heteroatoms. The zero-order valence-corrected chi connectivity index (χ0v) is 29.6. The van der Waals surface area contributed by atoms with Gasteiger partial charge in [-0.1, -0.05) is 103 Å². The summed E-state index contributed by atoms with van der Waals surface area (Å²) in [4.78, 5) is 11.6. The molecule has 1 saturated carbocycles. The molecule has 1 aliphatic heterocycles. The van der Waals surface area contributed by atoms with E-state index in [0.717, 1.165) is 27.8 Å². The van der Waals surface area contributed by atoms with Crippen LogP contribution < -0.4 is 4.90 Å². The summed E-state index contributed by atoms with van der Waals surface area (Å²) in [5.41, 5.74) is 17.1. The molecule has 1 fully saturated rings. The molecule has 6 aromatic rings. The minimum absolute atomic E-state index is 0.502. The van der Waals surface area contributed by atoms with Gasteiger partial charge in [-0.25, -0.2) is 0 Å². The van der Waals surface area contributed by atoms with Gasteiger partial charge >= 0.3 is 0 Å². The molecule has 4 aromatic carbocycles. The second kappa shape index (κ2) is 14.2. The monoisotopic (exact) mass is 661 g/mol. The van der Waals surface area contributed by atoms with Crippen molar-refractivity contribution >= 4 is 34.7 Å². The molecule has 0 saturated heterocycles. The molecule has 0 radical (unpaired) electrons. The number of nitrogens with zero attached hydrogens (tertiary/aromatic N) is 3. The fourth-order valence-corrected chi connectivity index (χ4v) is 7.92. The molecule has 51 heavy (non-hydrogen) atoms. The number of allylic oxidation sites excluding steroid dienone is 2. The first-order valence-corrected chi connectivity index (χ1v) is 18.1. The third-order valence-electron chi connectivity index (χ3n) is 10.4. The van der Waals surface area contributed by atoms with Crippen molar-refractivity contribution in [3.05, 3.63) is 202 Å². The van der Waals surface area contributed by atoms with Gasteiger partial charge in [-0.2, -0.15) is 0 Å². The topological polar surface area (TPSA) is 29.0 Å². The maximum atomic E-state index is 4.47. The van der Waals surface area contributed by atoms with Crippen LogP contribution in [0.4, 0.5) is 11.4 Å². The standard InChI is InChI=1S/C48H43N3/c1-33-15-20-39(21-16-33)45(38-10-5-4-6-11-38)27-37-17-22-42(23-18-37)51-47-14-8-13-44(47)46-28-36(19-24-48(46)51)9-7-12-43(40-25-34(2)29-49-31-40)41-26-35(3)30-50-32-41/h4-7,9-12,15-32,44,47H,8,13-14H2,1-3H3/b9-7+,45-27+. The molecular formula is C48H43N3. The van der Waals surface area contributed by atoms with Crippen molar-refractivity contribution in [1.82, 2.24) is 9.97 Å². The minimum atomic E-state index is 0.502. The molecule has 0 amide bonds. The van der Waals surface area contributed by atoms with Crippen LogP contribution in [0.3, 0.4) is 0 Å². The Morgan fingerprint density at radius 1 is 0.608 bits per heavy atom. The lowest BCUT2D eigenvalue weighted by atomic mass is 9.95. The normalized spacial score (nSPS) is 16.7.